The minimum Gasteiger partial charge on any atom is -0.449 e. The third kappa shape index (κ3) is 5.17. The number of carbonyl (C=O) groups is 2. The molecule has 10 nitrogen and oxygen atoms in total. The first kappa shape index (κ1) is 23.9. The Morgan fingerprint density at radius 2 is 1.75 bits per heavy atom. The molecule has 32 heavy (non-hydrogen) atoms. The topological polar surface area (TPSA) is 113 Å². The Hall–Kier alpha value is -2.76. The number of hydrogen-bond donors (Lipinski definition) is 0. The van der Waals surface area contributed by atoms with Crippen LogP contribution in [0.15, 0.2) is 41.6 Å². The van der Waals surface area contributed by atoms with Gasteiger partial charge < -0.3 is 14.5 Å². The molecule has 0 N–H and O–H groups in total. The fourth-order valence-electron chi connectivity index (χ4n) is 3.14. The zero-order valence-corrected chi connectivity index (χ0v) is 19.5. The van der Waals surface area contributed by atoms with Crippen LogP contribution in [0.5, 0.6) is 0 Å². The van der Waals surface area contributed by atoms with Crippen molar-refractivity contribution in [2.45, 2.75) is 17.9 Å². The minimum atomic E-state index is -3.85. The van der Waals surface area contributed by atoms with Gasteiger partial charge in [-0.3, -0.25) is 4.79 Å². The van der Waals surface area contributed by atoms with Crippen molar-refractivity contribution in [1.29, 1.82) is 0 Å². The lowest BCUT2D eigenvalue weighted by Crippen LogP contribution is -2.52. The standard InChI is InChI=1S/C20H24ClN5O5S/c1-14(18(27)25-9-11-26(12-10-25)20-22-7-4-8-23-20)31-19(28)15-5-6-16(21)17(13-15)32(29,30)24(2)3/h4-8,13-14H,9-12H2,1-3H3. The summed E-state index contributed by atoms with van der Waals surface area (Å²) in [6.45, 7) is 3.47. The number of aromatic nitrogens is 2. The second-order valence-electron chi connectivity index (χ2n) is 7.34. The van der Waals surface area contributed by atoms with E-state index >= 15 is 0 Å². The van der Waals surface area contributed by atoms with E-state index in [0.29, 0.717) is 32.1 Å². The largest absolute Gasteiger partial charge is 0.449 e. The van der Waals surface area contributed by atoms with E-state index in [2.05, 4.69) is 9.97 Å². The Bertz CT molecular complexity index is 1090. The van der Waals surface area contributed by atoms with Crippen LogP contribution in [0.1, 0.15) is 17.3 Å². The average molecular weight is 482 g/mol. The number of anilines is 1. The normalized spacial score (nSPS) is 15.5. The van der Waals surface area contributed by atoms with Crippen LogP contribution in [0.4, 0.5) is 5.95 Å². The van der Waals surface area contributed by atoms with Crippen molar-refractivity contribution < 1.29 is 22.7 Å². The van der Waals surface area contributed by atoms with Crippen molar-refractivity contribution in [2.75, 3.05) is 45.2 Å². The number of hydrogen-bond acceptors (Lipinski definition) is 8. The highest BCUT2D eigenvalue weighted by Gasteiger charge is 2.29. The Labute approximate surface area is 191 Å². The van der Waals surface area contributed by atoms with Crippen molar-refractivity contribution in [3.05, 3.63) is 47.2 Å². The van der Waals surface area contributed by atoms with E-state index in [1.165, 1.54) is 33.2 Å². The molecule has 1 amide bonds. The van der Waals surface area contributed by atoms with Crippen molar-refractivity contribution in [3.63, 3.8) is 0 Å². The van der Waals surface area contributed by atoms with Crippen LogP contribution < -0.4 is 4.90 Å². The van der Waals surface area contributed by atoms with Crippen LogP contribution in [0.25, 0.3) is 0 Å². The third-order valence-electron chi connectivity index (χ3n) is 4.98. The quantitative estimate of drug-likeness (QED) is 0.567. The molecule has 0 spiro atoms. The lowest BCUT2D eigenvalue weighted by Gasteiger charge is -2.35. The highest BCUT2D eigenvalue weighted by molar-refractivity contribution is 7.89. The first-order valence-electron chi connectivity index (χ1n) is 9.85. The second kappa shape index (κ2) is 9.80. The van der Waals surface area contributed by atoms with Crippen LogP contribution >= 0.6 is 11.6 Å². The number of esters is 1. The fourth-order valence-corrected chi connectivity index (χ4v) is 4.54. The maximum atomic E-state index is 12.8. The summed E-state index contributed by atoms with van der Waals surface area (Å²) >= 11 is 6.01. The Kier molecular flexibility index (Phi) is 7.32. The van der Waals surface area contributed by atoms with E-state index in [1.807, 2.05) is 4.90 Å². The highest BCUT2D eigenvalue weighted by atomic mass is 35.5. The maximum absolute atomic E-state index is 12.8. The van der Waals surface area contributed by atoms with Crippen LogP contribution in [-0.4, -0.2) is 85.8 Å². The molecule has 1 aliphatic rings. The number of ether oxygens (including phenoxy) is 1. The van der Waals surface area contributed by atoms with E-state index in [-0.39, 0.29) is 21.4 Å². The van der Waals surface area contributed by atoms with Crippen molar-refractivity contribution in [2.24, 2.45) is 0 Å². The van der Waals surface area contributed by atoms with Crippen molar-refractivity contribution in [1.82, 2.24) is 19.2 Å². The number of halogens is 1. The molecule has 12 heteroatoms. The molecule has 2 heterocycles. The predicted octanol–water partition coefficient (Wildman–Crippen LogP) is 1.27. The zero-order chi connectivity index (χ0) is 23.5. The van der Waals surface area contributed by atoms with Gasteiger partial charge in [-0.1, -0.05) is 11.6 Å². The van der Waals surface area contributed by atoms with Gasteiger partial charge in [-0.25, -0.2) is 27.5 Å². The summed E-state index contributed by atoms with van der Waals surface area (Å²) in [5.74, 6) is -0.540. The van der Waals surface area contributed by atoms with Gasteiger partial charge in [-0.15, -0.1) is 0 Å². The summed E-state index contributed by atoms with van der Waals surface area (Å²) in [7, 11) is -1.13. The number of amides is 1. The van der Waals surface area contributed by atoms with Gasteiger partial charge >= 0.3 is 5.97 Å². The van der Waals surface area contributed by atoms with Gasteiger partial charge in [-0.2, -0.15) is 0 Å². The second-order valence-corrected chi connectivity index (χ2v) is 9.87. The molecule has 172 valence electrons. The third-order valence-corrected chi connectivity index (χ3v) is 7.28. The molecule has 0 saturated carbocycles. The summed E-state index contributed by atoms with van der Waals surface area (Å²) in [4.78, 5) is 37.1. The number of sulfonamides is 1. The van der Waals surface area contributed by atoms with Crippen molar-refractivity contribution >= 4 is 39.4 Å². The molecular formula is C20H24ClN5O5S. The van der Waals surface area contributed by atoms with Gasteiger partial charge in [0.15, 0.2) is 6.10 Å². The van der Waals surface area contributed by atoms with Gasteiger partial charge in [0.2, 0.25) is 16.0 Å². The molecular weight excluding hydrogens is 458 g/mol. The molecule has 0 bridgehead atoms. The first-order chi connectivity index (χ1) is 15.1. The summed E-state index contributed by atoms with van der Waals surface area (Å²) in [6, 6.07) is 5.55. The Balaban J connectivity index is 1.63. The maximum Gasteiger partial charge on any atom is 0.338 e. The predicted molar refractivity (Wildman–Crippen MR) is 118 cm³/mol. The number of carbonyl (C=O) groups excluding carboxylic acids is 2. The van der Waals surface area contributed by atoms with E-state index in [1.54, 1.807) is 23.4 Å². The van der Waals surface area contributed by atoms with Crippen LogP contribution in [0.3, 0.4) is 0 Å². The molecule has 0 aliphatic carbocycles. The van der Waals surface area contributed by atoms with E-state index in [4.69, 9.17) is 16.3 Å². The Morgan fingerprint density at radius 1 is 1.12 bits per heavy atom. The smallest absolute Gasteiger partial charge is 0.338 e. The van der Waals surface area contributed by atoms with E-state index < -0.39 is 22.1 Å². The SMILES string of the molecule is CC(OC(=O)c1ccc(Cl)c(S(=O)(=O)N(C)C)c1)C(=O)N1CCN(c2ncccn2)CC1. The van der Waals surface area contributed by atoms with Crippen LogP contribution in [0, 0.1) is 0 Å². The van der Waals surface area contributed by atoms with Gasteiger partial charge in [0.25, 0.3) is 5.91 Å². The molecule has 2 aromatic rings. The number of nitrogens with zero attached hydrogens (tertiary/aromatic N) is 5. The molecule has 1 aromatic heterocycles. The summed E-state index contributed by atoms with van der Waals surface area (Å²) < 4.78 is 31.1. The Morgan fingerprint density at radius 3 is 2.34 bits per heavy atom. The number of rotatable bonds is 6. The summed E-state index contributed by atoms with van der Waals surface area (Å²) in [5, 5.41) is -0.0142. The monoisotopic (exact) mass is 481 g/mol. The highest BCUT2D eigenvalue weighted by Crippen LogP contribution is 2.25. The lowest BCUT2D eigenvalue weighted by atomic mass is 10.2. The zero-order valence-electron chi connectivity index (χ0n) is 17.9. The first-order valence-corrected chi connectivity index (χ1v) is 11.7. The summed E-state index contributed by atoms with van der Waals surface area (Å²) in [5.41, 5.74) is -0.0134. The number of benzene rings is 1. The van der Waals surface area contributed by atoms with Crippen molar-refractivity contribution in [3.8, 4) is 0 Å². The van der Waals surface area contributed by atoms with E-state index in [9.17, 15) is 18.0 Å². The van der Waals surface area contributed by atoms with Gasteiger partial charge in [-0.05, 0) is 31.2 Å². The fraction of sp³-hybridized carbons (Fsp3) is 0.400. The molecule has 0 radical (unpaired) electrons. The molecule has 1 aliphatic heterocycles. The van der Waals surface area contributed by atoms with Gasteiger partial charge in [0.1, 0.15) is 4.90 Å². The molecule has 3 rings (SSSR count). The molecule has 1 atom stereocenters. The minimum absolute atomic E-state index is 0.0134. The van der Waals surface area contributed by atoms with Crippen LogP contribution in [0.2, 0.25) is 5.02 Å². The van der Waals surface area contributed by atoms with E-state index in [0.717, 1.165) is 10.4 Å². The molecule has 1 aromatic carbocycles. The van der Waals surface area contributed by atoms with Gasteiger partial charge in [0.05, 0.1) is 10.6 Å². The average Bonchev–Trinajstić information content (AvgIpc) is 2.79. The van der Waals surface area contributed by atoms with Crippen LogP contribution in [-0.2, 0) is 19.6 Å². The molecule has 1 fully saturated rings. The molecule has 1 saturated heterocycles. The summed E-state index contributed by atoms with van der Waals surface area (Å²) in [6.07, 6.45) is 2.28. The molecule has 1 unspecified atom stereocenters. The lowest BCUT2D eigenvalue weighted by molar-refractivity contribution is -0.140. The number of piperazine rings is 1. The van der Waals surface area contributed by atoms with Gasteiger partial charge in [0, 0.05) is 52.7 Å².